The van der Waals surface area contributed by atoms with Crippen LogP contribution in [0.3, 0.4) is 0 Å². The molecule has 3 heteroatoms. The highest BCUT2D eigenvalue weighted by Gasteiger charge is 2.36. The molecule has 0 radical (unpaired) electrons. The van der Waals surface area contributed by atoms with Gasteiger partial charge in [-0.1, -0.05) is 12.2 Å². The van der Waals surface area contributed by atoms with E-state index in [2.05, 4.69) is 22.2 Å². The summed E-state index contributed by atoms with van der Waals surface area (Å²) < 4.78 is 4.55. The first-order valence-corrected chi connectivity index (χ1v) is 4.32. The fourth-order valence-electron chi connectivity index (χ4n) is 2.16. The zero-order valence-corrected chi connectivity index (χ0v) is 7.12. The third kappa shape index (κ3) is 1.19. The van der Waals surface area contributed by atoms with E-state index in [1.54, 1.807) is 0 Å². The monoisotopic (exact) mass is 167 g/mol. The van der Waals surface area contributed by atoms with E-state index < -0.39 is 0 Å². The average Bonchev–Trinajstić information content (AvgIpc) is 2.64. The molecule has 3 nitrogen and oxygen atoms in total. The Bertz CT molecular complexity index is 225. The second-order valence-electron chi connectivity index (χ2n) is 3.52. The molecule has 0 aromatic heterocycles. The van der Waals surface area contributed by atoms with Gasteiger partial charge >= 0.3 is 6.09 Å². The highest BCUT2D eigenvalue weighted by atomic mass is 16.5. The Balaban J connectivity index is 1.91. The maximum Gasteiger partial charge on any atom is 0.407 e. The summed E-state index contributed by atoms with van der Waals surface area (Å²) in [5, 5.41) is 2.85. The van der Waals surface area contributed by atoms with Gasteiger partial charge in [0.05, 0.1) is 7.11 Å². The number of amides is 1. The second-order valence-corrected chi connectivity index (χ2v) is 3.52. The Morgan fingerprint density at radius 1 is 1.50 bits per heavy atom. The van der Waals surface area contributed by atoms with Crippen molar-refractivity contribution in [1.29, 1.82) is 0 Å². The largest absolute Gasteiger partial charge is 0.453 e. The number of methoxy groups -OCH3 is 1. The van der Waals surface area contributed by atoms with Crippen molar-refractivity contribution < 1.29 is 9.53 Å². The molecule has 1 amide bonds. The van der Waals surface area contributed by atoms with E-state index in [0.717, 1.165) is 6.42 Å². The van der Waals surface area contributed by atoms with Crippen molar-refractivity contribution in [2.24, 2.45) is 11.8 Å². The Morgan fingerprint density at radius 3 is 2.83 bits per heavy atom. The summed E-state index contributed by atoms with van der Waals surface area (Å²) in [6.07, 6.45) is 6.43. The van der Waals surface area contributed by atoms with Crippen LogP contribution in [0, 0.1) is 11.8 Å². The lowest BCUT2D eigenvalue weighted by molar-refractivity contribution is 0.164. The molecule has 0 saturated heterocycles. The van der Waals surface area contributed by atoms with Gasteiger partial charge in [0.25, 0.3) is 0 Å². The Labute approximate surface area is 71.8 Å². The van der Waals surface area contributed by atoms with Gasteiger partial charge in [0.15, 0.2) is 0 Å². The third-order valence-corrected chi connectivity index (χ3v) is 2.77. The molecular formula is C9H13NO2. The van der Waals surface area contributed by atoms with Crippen LogP contribution >= 0.6 is 0 Å². The quantitative estimate of drug-likeness (QED) is 0.598. The summed E-state index contributed by atoms with van der Waals surface area (Å²) >= 11 is 0. The van der Waals surface area contributed by atoms with Crippen molar-refractivity contribution in [3.05, 3.63) is 12.2 Å². The van der Waals surface area contributed by atoms with Crippen LogP contribution in [-0.4, -0.2) is 19.2 Å². The fourth-order valence-corrected chi connectivity index (χ4v) is 2.16. The number of carbonyl (C=O) groups excluding carboxylic acids is 1. The molecule has 2 bridgehead atoms. The van der Waals surface area contributed by atoms with E-state index in [1.807, 2.05) is 0 Å². The Kier molecular flexibility index (Phi) is 1.79. The minimum Gasteiger partial charge on any atom is -0.453 e. The molecule has 66 valence electrons. The number of allylic oxidation sites excluding steroid dienone is 1. The molecule has 1 fully saturated rings. The van der Waals surface area contributed by atoms with Gasteiger partial charge in [-0.3, -0.25) is 0 Å². The number of rotatable bonds is 1. The average molecular weight is 167 g/mol. The number of carbonyl (C=O) groups is 1. The smallest absolute Gasteiger partial charge is 0.407 e. The van der Waals surface area contributed by atoms with E-state index in [0.29, 0.717) is 17.9 Å². The van der Waals surface area contributed by atoms with Gasteiger partial charge in [0.1, 0.15) is 0 Å². The van der Waals surface area contributed by atoms with E-state index in [4.69, 9.17) is 0 Å². The molecular weight excluding hydrogens is 154 g/mol. The molecule has 2 aliphatic carbocycles. The van der Waals surface area contributed by atoms with Crippen molar-refractivity contribution in [3.8, 4) is 0 Å². The van der Waals surface area contributed by atoms with Crippen LogP contribution in [0.1, 0.15) is 12.8 Å². The summed E-state index contributed by atoms with van der Waals surface area (Å²) in [4.78, 5) is 10.9. The topological polar surface area (TPSA) is 38.3 Å². The highest BCUT2D eigenvalue weighted by Crippen LogP contribution is 2.38. The van der Waals surface area contributed by atoms with E-state index in [1.165, 1.54) is 13.5 Å². The van der Waals surface area contributed by atoms with Crippen LogP contribution in [0.15, 0.2) is 12.2 Å². The Morgan fingerprint density at radius 2 is 2.33 bits per heavy atom. The molecule has 0 aliphatic heterocycles. The summed E-state index contributed by atoms with van der Waals surface area (Å²) in [5.41, 5.74) is 0. The molecule has 0 spiro atoms. The maximum atomic E-state index is 10.9. The molecule has 3 unspecified atom stereocenters. The number of hydrogen-bond acceptors (Lipinski definition) is 2. The number of ether oxygens (including phenoxy) is 1. The SMILES string of the molecule is COC(=O)NC1CC2C=CC1C2. The first kappa shape index (κ1) is 7.65. The lowest BCUT2D eigenvalue weighted by Gasteiger charge is -2.18. The van der Waals surface area contributed by atoms with Crippen LogP contribution in [0.2, 0.25) is 0 Å². The Hall–Kier alpha value is -0.990. The molecule has 12 heavy (non-hydrogen) atoms. The lowest BCUT2D eigenvalue weighted by Crippen LogP contribution is -2.37. The zero-order chi connectivity index (χ0) is 8.55. The molecule has 0 aromatic carbocycles. The molecule has 2 rings (SSSR count). The first-order valence-electron chi connectivity index (χ1n) is 4.32. The predicted octanol–water partition coefficient (Wildman–Crippen LogP) is 1.31. The lowest BCUT2D eigenvalue weighted by atomic mass is 10.0. The van der Waals surface area contributed by atoms with Crippen molar-refractivity contribution in [2.75, 3.05) is 7.11 Å². The molecule has 2 aliphatic rings. The van der Waals surface area contributed by atoms with E-state index >= 15 is 0 Å². The molecule has 0 heterocycles. The molecule has 0 aromatic rings. The van der Waals surface area contributed by atoms with E-state index in [9.17, 15) is 4.79 Å². The van der Waals surface area contributed by atoms with Gasteiger partial charge in [-0.2, -0.15) is 0 Å². The maximum absolute atomic E-state index is 10.9. The van der Waals surface area contributed by atoms with Gasteiger partial charge < -0.3 is 10.1 Å². The van der Waals surface area contributed by atoms with Gasteiger partial charge in [-0.05, 0) is 24.7 Å². The molecule has 3 atom stereocenters. The summed E-state index contributed by atoms with van der Waals surface area (Å²) in [7, 11) is 1.40. The van der Waals surface area contributed by atoms with E-state index in [-0.39, 0.29) is 6.09 Å². The normalized spacial score (nSPS) is 36.9. The van der Waals surface area contributed by atoms with Crippen molar-refractivity contribution in [1.82, 2.24) is 5.32 Å². The number of alkyl carbamates (subject to hydrolysis) is 1. The van der Waals surface area contributed by atoms with Crippen LogP contribution in [0.5, 0.6) is 0 Å². The van der Waals surface area contributed by atoms with Crippen LogP contribution in [-0.2, 0) is 4.74 Å². The van der Waals surface area contributed by atoms with Crippen molar-refractivity contribution >= 4 is 6.09 Å². The zero-order valence-electron chi connectivity index (χ0n) is 7.12. The molecule has 1 saturated carbocycles. The van der Waals surface area contributed by atoms with Crippen molar-refractivity contribution in [2.45, 2.75) is 18.9 Å². The van der Waals surface area contributed by atoms with Crippen LogP contribution in [0.4, 0.5) is 4.79 Å². The van der Waals surface area contributed by atoms with Gasteiger partial charge in [0.2, 0.25) is 0 Å². The van der Waals surface area contributed by atoms with Crippen LogP contribution in [0.25, 0.3) is 0 Å². The van der Waals surface area contributed by atoms with Gasteiger partial charge in [-0.15, -0.1) is 0 Å². The number of nitrogens with one attached hydrogen (secondary N) is 1. The third-order valence-electron chi connectivity index (χ3n) is 2.77. The first-order chi connectivity index (χ1) is 5.79. The summed E-state index contributed by atoms with van der Waals surface area (Å²) in [6, 6.07) is 0.312. The second kappa shape index (κ2) is 2.81. The van der Waals surface area contributed by atoms with Gasteiger partial charge in [-0.25, -0.2) is 4.79 Å². The number of fused-ring (bicyclic) bond motifs is 2. The molecule has 1 N–H and O–H groups in total. The number of hydrogen-bond donors (Lipinski definition) is 1. The predicted molar refractivity (Wildman–Crippen MR) is 44.7 cm³/mol. The fraction of sp³-hybridized carbons (Fsp3) is 0.667. The van der Waals surface area contributed by atoms with Crippen molar-refractivity contribution in [3.63, 3.8) is 0 Å². The minimum atomic E-state index is -0.305. The van der Waals surface area contributed by atoms with Crippen LogP contribution < -0.4 is 5.32 Å². The standard InChI is InChI=1S/C9H13NO2/c1-12-9(11)10-8-5-6-2-3-7(8)4-6/h2-3,6-8H,4-5H2,1H3,(H,10,11). The van der Waals surface area contributed by atoms with Gasteiger partial charge in [0, 0.05) is 6.04 Å². The summed E-state index contributed by atoms with van der Waals surface area (Å²) in [5.74, 6) is 1.24. The minimum absolute atomic E-state index is 0.305. The highest BCUT2D eigenvalue weighted by molar-refractivity contribution is 5.67. The summed E-state index contributed by atoms with van der Waals surface area (Å²) in [6.45, 7) is 0.